The van der Waals surface area contributed by atoms with Crippen molar-refractivity contribution in [1.82, 2.24) is 10.3 Å². The summed E-state index contributed by atoms with van der Waals surface area (Å²) in [4.78, 5) is 16.6. The molecule has 1 atom stereocenters. The molecule has 2 N–H and O–H groups in total. The van der Waals surface area contributed by atoms with E-state index in [4.69, 9.17) is 4.74 Å². The summed E-state index contributed by atoms with van der Waals surface area (Å²) in [6, 6.07) is 2.95. The Balaban J connectivity index is 2.76. The first-order valence-corrected chi connectivity index (χ1v) is 7.70. The van der Waals surface area contributed by atoms with Crippen LogP contribution in [0.2, 0.25) is 0 Å². The van der Waals surface area contributed by atoms with Gasteiger partial charge in [0.2, 0.25) is 0 Å². The third-order valence-corrected chi connectivity index (χ3v) is 3.00. The molecule has 0 amide bonds. The third-order valence-electron chi connectivity index (χ3n) is 3.00. The SMILES string of the molecule is Cc1ccc(O)c(CN[C@@H](CC(C)C)C(=O)OC(C)(C)C)n1. The van der Waals surface area contributed by atoms with E-state index in [2.05, 4.69) is 24.1 Å². The van der Waals surface area contributed by atoms with Crippen LogP contribution in [0.3, 0.4) is 0 Å². The number of carbonyl (C=O) groups is 1. The van der Waals surface area contributed by atoms with Crippen molar-refractivity contribution in [3.8, 4) is 5.75 Å². The maximum absolute atomic E-state index is 12.3. The third kappa shape index (κ3) is 6.43. The Labute approximate surface area is 133 Å². The van der Waals surface area contributed by atoms with Gasteiger partial charge < -0.3 is 9.84 Å². The standard InChI is InChI=1S/C17H28N2O3/c1-11(2)9-13(16(21)22-17(4,5)6)18-10-14-15(20)8-7-12(3)19-14/h7-8,11,13,18,20H,9-10H2,1-6H3/t13-/m0/s1. The normalized spacial score (nSPS) is 13.2. The van der Waals surface area contributed by atoms with Gasteiger partial charge in [0.1, 0.15) is 17.4 Å². The van der Waals surface area contributed by atoms with Crippen LogP contribution in [0.5, 0.6) is 5.75 Å². The summed E-state index contributed by atoms with van der Waals surface area (Å²) in [5.41, 5.74) is 0.849. The van der Waals surface area contributed by atoms with Crippen molar-refractivity contribution in [3.63, 3.8) is 0 Å². The van der Waals surface area contributed by atoms with Crippen LogP contribution in [0.25, 0.3) is 0 Å². The fraction of sp³-hybridized carbons (Fsp3) is 0.647. The molecule has 124 valence electrons. The molecule has 5 heteroatoms. The summed E-state index contributed by atoms with van der Waals surface area (Å²) in [5, 5.41) is 13.0. The van der Waals surface area contributed by atoms with Gasteiger partial charge in [0.15, 0.2) is 0 Å². The van der Waals surface area contributed by atoms with E-state index >= 15 is 0 Å². The van der Waals surface area contributed by atoms with Crippen LogP contribution < -0.4 is 5.32 Å². The summed E-state index contributed by atoms with van der Waals surface area (Å²) in [7, 11) is 0. The highest BCUT2D eigenvalue weighted by Gasteiger charge is 2.25. The number of aromatic hydroxyl groups is 1. The lowest BCUT2D eigenvalue weighted by molar-refractivity contribution is -0.158. The molecule has 0 fully saturated rings. The van der Waals surface area contributed by atoms with E-state index in [0.29, 0.717) is 24.6 Å². The lowest BCUT2D eigenvalue weighted by atomic mass is 10.0. The zero-order valence-electron chi connectivity index (χ0n) is 14.4. The zero-order chi connectivity index (χ0) is 16.9. The number of aryl methyl sites for hydroxylation is 1. The number of nitrogens with zero attached hydrogens (tertiary/aromatic N) is 1. The number of carbonyl (C=O) groups excluding carboxylic acids is 1. The van der Waals surface area contributed by atoms with Gasteiger partial charge in [-0.25, -0.2) is 0 Å². The summed E-state index contributed by atoms with van der Waals surface area (Å²) in [6.07, 6.45) is 0.668. The van der Waals surface area contributed by atoms with Gasteiger partial charge in [0.05, 0.1) is 5.69 Å². The fourth-order valence-corrected chi connectivity index (χ4v) is 2.06. The van der Waals surface area contributed by atoms with Crippen molar-refractivity contribution >= 4 is 5.97 Å². The fourth-order valence-electron chi connectivity index (χ4n) is 2.06. The molecule has 0 saturated carbocycles. The molecular weight excluding hydrogens is 280 g/mol. The van der Waals surface area contributed by atoms with Gasteiger partial charge in [-0.3, -0.25) is 15.1 Å². The minimum absolute atomic E-state index is 0.130. The molecule has 0 radical (unpaired) electrons. The molecule has 0 unspecified atom stereocenters. The summed E-state index contributed by atoms with van der Waals surface area (Å²) in [5.74, 6) is 0.211. The zero-order valence-corrected chi connectivity index (χ0v) is 14.4. The van der Waals surface area contributed by atoms with Crippen molar-refractivity contribution in [1.29, 1.82) is 0 Å². The van der Waals surface area contributed by atoms with Gasteiger partial charge in [-0.2, -0.15) is 0 Å². The first-order valence-electron chi connectivity index (χ1n) is 7.70. The average Bonchev–Trinajstić information content (AvgIpc) is 2.35. The largest absolute Gasteiger partial charge is 0.506 e. The van der Waals surface area contributed by atoms with E-state index < -0.39 is 11.6 Å². The van der Waals surface area contributed by atoms with Gasteiger partial charge >= 0.3 is 5.97 Å². The molecule has 1 heterocycles. The minimum Gasteiger partial charge on any atom is -0.506 e. The molecule has 0 aliphatic rings. The van der Waals surface area contributed by atoms with Gasteiger partial charge in [-0.15, -0.1) is 0 Å². The van der Waals surface area contributed by atoms with E-state index in [1.54, 1.807) is 12.1 Å². The van der Waals surface area contributed by atoms with Crippen LogP contribution >= 0.6 is 0 Å². The number of hydrogen-bond acceptors (Lipinski definition) is 5. The number of hydrogen-bond donors (Lipinski definition) is 2. The highest BCUT2D eigenvalue weighted by molar-refractivity contribution is 5.76. The summed E-state index contributed by atoms with van der Waals surface area (Å²) < 4.78 is 5.46. The number of esters is 1. The molecule has 0 saturated heterocycles. The highest BCUT2D eigenvalue weighted by Crippen LogP contribution is 2.17. The van der Waals surface area contributed by atoms with Crippen LogP contribution in [0, 0.1) is 12.8 Å². The van der Waals surface area contributed by atoms with Crippen molar-refractivity contribution in [2.45, 2.75) is 66.2 Å². The number of ether oxygens (including phenoxy) is 1. The van der Waals surface area contributed by atoms with E-state index in [-0.39, 0.29) is 11.7 Å². The van der Waals surface area contributed by atoms with Crippen LogP contribution in [0.1, 0.15) is 52.4 Å². The Hall–Kier alpha value is -1.62. The predicted molar refractivity (Wildman–Crippen MR) is 86.6 cm³/mol. The van der Waals surface area contributed by atoms with Crippen molar-refractivity contribution < 1.29 is 14.6 Å². The van der Waals surface area contributed by atoms with E-state index in [0.717, 1.165) is 5.69 Å². The topological polar surface area (TPSA) is 71.5 Å². The molecule has 1 rings (SSSR count). The first kappa shape index (κ1) is 18.4. The van der Waals surface area contributed by atoms with Crippen LogP contribution in [0.4, 0.5) is 0 Å². The van der Waals surface area contributed by atoms with Crippen molar-refractivity contribution in [2.75, 3.05) is 0 Å². The number of pyridine rings is 1. The molecule has 0 aromatic carbocycles. The Morgan fingerprint density at radius 1 is 1.36 bits per heavy atom. The Kier molecular flexibility index (Phi) is 6.35. The molecule has 1 aromatic rings. The monoisotopic (exact) mass is 308 g/mol. The first-order chi connectivity index (χ1) is 10.1. The van der Waals surface area contributed by atoms with Crippen LogP contribution in [-0.2, 0) is 16.1 Å². The second-order valence-electron chi connectivity index (χ2n) is 7.01. The number of rotatable bonds is 6. The maximum Gasteiger partial charge on any atom is 0.323 e. The predicted octanol–water partition coefficient (Wildman–Crippen LogP) is 2.94. The van der Waals surface area contributed by atoms with Gasteiger partial charge in [-0.1, -0.05) is 13.8 Å². The second-order valence-corrected chi connectivity index (χ2v) is 7.01. The molecule has 22 heavy (non-hydrogen) atoms. The van der Waals surface area contributed by atoms with Crippen molar-refractivity contribution in [3.05, 3.63) is 23.5 Å². The molecule has 0 bridgehead atoms. The van der Waals surface area contributed by atoms with Crippen LogP contribution in [-0.4, -0.2) is 27.7 Å². The number of nitrogens with one attached hydrogen (secondary N) is 1. The molecule has 0 spiro atoms. The summed E-state index contributed by atoms with van der Waals surface area (Å²) in [6.45, 7) is 11.9. The van der Waals surface area contributed by atoms with Gasteiger partial charge in [0, 0.05) is 12.2 Å². The van der Waals surface area contributed by atoms with E-state index in [1.165, 1.54) is 0 Å². The molecular formula is C17H28N2O3. The smallest absolute Gasteiger partial charge is 0.323 e. The lowest BCUT2D eigenvalue weighted by Gasteiger charge is -2.25. The lowest BCUT2D eigenvalue weighted by Crippen LogP contribution is -2.42. The van der Waals surface area contributed by atoms with Crippen molar-refractivity contribution in [2.24, 2.45) is 5.92 Å². The highest BCUT2D eigenvalue weighted by atomic mass is 16.6. The van der Waals surface area contributed by atoms with Gasteiger partial charge in [-0.05, 0) is 52.2 Å². The molecule has 0 aliphatic heterocycles. The molecule has 1 aromatic heterocycles. The Morgan fingerprint density at radius 2 is 2.00 bits per heavy atom. The number of aromatic nitrogens is 1. The summed E-state index contributed by atoms with van der Waals surface area (Å²) >= 11 is 0. The minimum atomic E-state index is -0.516. The Morgan fingerprint density at radius 3 is 2.55 bits per heavy atom. The quantitative estimate of drug-likeness (QED) is 0.791. The van der Waals surface area contributed by atoms with Gasteiger partial charge in [0.25, 0.3) is 0 Å². The van der Waals surface area contributed by atoms with E-state index in [9.17, 15) is 9.90 Å². The maximum atomic E-state index is 12.3. The average molecular weight is 308 g/mol. The van der Waals surface area contributed by atoms with Crippen LogP contribution in [0.15, 0.2) is 12.1 Å². The van der Waals surface area contributed by atoms with E-state index in [1.807, 2.05) is 27.7 Å². The molecule has 0 aliphatic carbocycles. The molecule has 5 nitrogen and oxygen atoms in total. The Bertz CT molecular complexity index is 507. The second kappa shape index (κ2) is 7.58.